The Balaban J connectivity index is 2.09. The number of rotatable bonds is 0. The van der Waals surface area contributed by atoms with Crippen molar-refractivity contribution in [2.75, 3.05) is 0 Å². The van der Waals surface area contributed by atoms with Crippen LogP contribution in [0.2, 0.25) is 0 Å². The number of benzene rings is 1. The number of hydrogen-bond donors (Lipinski definition) is 0. The Bertz CT molecular complexity index is 554. The van der Waals surface area contributed by atoms with Crippen molar-refractivity contribution in [2.24, 2.45) is 0 Å². The molecular weight excluding hydrogens is 228 g/mol. The van der Waals surface area contributed by atoms with E-state index >= 15 is 0 Å². The zero-order valence-electron chi connectivity index (χ0n) is 12.7. The van der Waals surface area contributed by atoms with Crippen LogP contribution < -0.4 is 0 Å². The molecule has 0 saturated carbocycles. The monoisotopic (exact) mass is 254 g/mol. The summed E-state index contributed by atoms with van der Waals surface area (Å²) in [6, 6.07) is 2.54. The van der Waals surface area contributed by atoms with Crippen LogP contribution in [0.1, 0.15) is 80.2 Å². The normalized spacial score (nSPS) is 35.9. The van der Waals surface area contributed by atoms with E-state index < -0.39 is 0 Å². The zero-order valence-corrected chi connectivity index (χ0v) is 12.7. The van der Waals surface area contributed by atoms with Gasteiger partial charge in [0.25, 0.3) is 0 Å². The van der Waals surface area contributed by atoms with Gasteiger partial charge in [-0.3, -0.25) is 0 Å². The van der Waals surface area contributed by atoms with E-state index in [1.807, 2.05) is 11.1 Å². The van der Waals surface area contributed by atoms with Crippen molar-refractivity contribution < 1.29 is 0 Å². The molecule has 0 aliphatic heterocycles. The second-order valence-corrected chi connectivity index (χ2v) is 7.91. The summed E-state index contributed by atoms with van der Waals surface area (Å²) in [6.07, 6.45) is 11.2. The average Bonchev–Trinajstić information content (AvgIpc) is 2.37. The van der Waals surface area contributed by atoms with E-state index in [-0.39, 0.29) is 0 Å². The van der Waals surface area contributed by atoms with Crippen LogP contribution in [0.25, 0.3) is 0 Å². The molecular formula is C19H26. The zero-order chi connectivity index (χ0) is 13.3. The third kappa shape index (κ3) is 1.46. The van der Waals surface area contributed by atoms with E-state index in [1.54, 1.807) is 16.7 Å². The van der Waals surface area contributed by atoms with Gasteiger partial charge >= 0.3 is 0 Å². The van der Waals surface area contributed by atoms with Crippen LogP contribution in [0.4, 0.5) is 0 Å². The molecule has 2 atom stereocenters. The summed E-state index contributed by atoms with van der Waals surface area (Å²) in [5.74, 6) is 0. The van der Waals surface area contributed by atoms with Crippen molar-refractivity contribution >= 4 is 0 Å². The van der Waals surface area contributed by atoms with Crippen LogP contribution in [0.3, 0.4) is 0 Å². The van der Waals surface area contributed by atoms with Crippen molar-refractivity contribution in [2.45, 2.75) is 83.0 Å². The highest BCUT2D eigenvalue weighted by atomic mass is 14.5. The molecule has 0 bridgehead atoms. The maximum Gasteiger partial charge on any atom is -0.00690 e. The minimum atomic E-state index is 0.501. The van der Waals surface area contributed by atoms with Crippen molar-refractivity contribution in [1.29, 1.82) is 0 Å². The first-order valence-corrected chi connectivity index (χ1v) is 8.20. The predicted molar refractivity (Wildman–Crippen MR) is 81.0 cm³/mol. The summed E-state index contributed by atoms with van der Waals surface area (Å²) < 4.78 is 0. The van der Waals surface area contributed by atoms with Crippen LogP contribution in [0, 0.1) is 6.92 Å². The Morgan fingerprint density at radius 1 is 0.842 bits per heavy atom. The molecule has 1 aromatic carbocycles. The van der Waals surface area contributed by atoms with Gasteiger partial charge in [-0.05, 0) is 96.9 Å². The lowest BCUT2D eigenvalue weighted by Gasteiger charge is -2.51. The van der Waals surface area contributed by atoms with Gasteiger partial charge in [0.1, 0.15) is 0 Å². The van der Waals surface area contributed by atoms with E-state index in [4.69, 9.17) is 0 Å². The van der Waals surface area contributed by atoms with Crippen LogP contribution in [-0.4, -0.2) is 0 Å². The lowest BCUT2D eigenvalue weighted by molar-refractivity contribution is 0.242. The van der Waals surface area contributed by atoms with Gasteiger partial charge in [0, 0.05) is 0 Å². The van der Waals surface area contributed by atoms with Gasteiger partial charge in [0.05, 0.1) is 0 Å². The quantitative estimate of drug-likeness (QED) is 0.612. The van der Waals surface area contributed by atoms with Gasteiger partial charge in [-0.25, -0.2) is 0 Å². The first-order valence-electron chi connectivity index (χ1n) is 8.20. The van der Waals surface area contributed by atoms with Crippen molar-refractivity contribution in [3.05, 3.63) is 33.9 Å². The molecule has 0 heteroatoms. The highest BCUT2D eigenvalue weighted by molar-refractivity contribution is 5.56. The molecule has 0 nitrogen and oxygen atoms in total. The molecule has 3 aliphatic carbocycles. The summed E-state index contributed by atoms with van der Waals surface area (Å²) in [4.78, 5) is 0. The topological polar surface area (TPSA) is 0 Å². The highest BCUT2D eigenvalue weighted by Crippen LogP contribution is 2.56. The van der Waals surface area contributed by atoms with Crippen LogP contribution in [-0.2, 0) is 23.7 Å². The SMILES string of the molecule is Cc1cc2c3c4c1CCCC4(C)CCC3(C)CCC2. The molecule has 0 heterocycles. The van der Waals surface area contributed by atoms with Gasteiger partial charge in [-0.1, -0.05) is 19.9 Å². The smallest absolute Gasteiger partial charge is 0.00690 e. The summed E-state index contributed by atoms with van der Waals surface area (Å²) in [5.41, 5.74) is 9.67. The molecule has 2 unspecified atom stereocenters. The fourth-order valence-corrected chi connectivity index (χ4v) is 5.43. The average molecular weight is 254 g/mol. The molecule has 0 saturated heterocycles. The molecule has 0 spiro atoms. The molecule has 0 amide bonds. The predicted octanol–water partition coefficient (Wildman–Crippen LogP) is 4.98. The fraction of sp³-hybridized carbons (Fsp3) is 0.684. The maximum atomic E-state index is 2.55. The molecule has 0 fully saturated rings. The second-order valence-electron chi connectivity index (χ2n) is 7.91. The van der Waals surface area contributed by atoms with Gasteiger partial charge in [0.15, 0.2) is 0 Å². The van der Waals surface area contributed by atoms with E-state index in [0.29, 0.717) is 10.8 Å². The van der Waals surface area contributed by atoms with Crippen molar-refractivity contribution in [3.63, 3.8) is 0 Å². The third-order valence-corrected chi connectivity index (χ3v) is 6.51. The summed E-state index contributed by atoms with van der Waals surface area (Å²) in [6.45, 7) is 7.46. The molecule has 1 aromatic rings. The Hall–Kier alpha value is -0.780. The summed E-state index contributed by atoms with van der Waals surface area (Å²) in [5, 5.41) is 0. The van der Waals surface area contributed by atoms with Gasteiger partial charge < -0.3 is 0 Å². The van der Waals surface area contributed by atoms with Crippen LogP contribution in [0.5, 0.6) is 0 Å². The number of aryl methyl sites for hydroxylation is 2. The minimum absolute atomic E-state index is 0.501. The first kappa shape index (κ1) is 12.0. The standard InChI is InChI=1S/C19H26/c1-13-12-14-6-4-8-18(2)10-11-19(3)9-5-7-15(13)17(19)16(14)18/h12H,4-11H2,1-3H3. The summed E-state index contributed by atoms with van der Waals surface area (Å²) in [7, 11) is 0. The Morgan fingerprint density at radius 2 is 1.47 bits per heavy atom. The molecule has 19 heavy (non-hydrogen) atoms. The minimum Gasteiger partial charge on any atom is -0.0555 e. The fourth-order valence-electron chi connectivity index (χ4n) is 5.43. The molecule has 0 radical (unpaired) electrons. The molecule has 3 aliphatic rings. The van der Waals surface area contributed by atoms with Crippen molar-refractivity contribution in [3.8, 4) is 0 Å². The van der Waals surface area contributed by atoms with Crippen LogP contribution in [0.15, 0.2) is 6.07 Å². The largest absolute Gasteiger partial charge is 0.0555 e. The maximum absolute atomic E-state index is 2.55. The van der Waals surface area contributed by atoms with Gasteiger partial charge in [-0.2, -0.15) is 0 Å². The molecule has 4 rings (SSSR count). The van der Waals surface area contributed by atoms with E-state index in [0.717, 1.165) is 0 Å². The Kier molecular flexibility index (Phi) is 2.31. The van der Waals surface area contributed by atoms with Crippen LogP contribution >= 0.6 is 0 Å². The van der Waals surface area contributed by atoms with E-state index in [1.165, 1.54) is 51.4 Å². The Labute approximate surface area is 117 Å². The van der Waals surface area contributed by atoms with Gasteiger partial charge in [0.2, 0.25) is 0 Å². The van der Waals surface area contributed by atoms with Gasteiger partial charge in [-0.15, -0.1) is 0 Å². The lowest BCUT2D eigenvalue weighted by Crippen LogP contribution is -2.42. The highest BCUT2D eigenvalue weighted by Gasteiger charge is 2.46. The Morgan fingerprint density at radius 3 is 2.21 bits per heavy atom. The van der Waals surface area contributed by atoms with E-state index in [2.05, 4.69) is 26.8 Å². The lowest BCUT2D eigenvalue weighted by atomic mass is 9.53. The van der Waals surface area contributed by atoms with E-state index in [9.17, 15) is 0 Å². The molecule has 0 N–H and O–H groups in total. The van der Waals surface area contributed by atoms with Crippen molar-refractivity contribution in [1.82, 2.24) is 0 Å². The molecule has 0 aromatic heterocycles. The summed E-state index contributed by atoms with van der Waals surface area (Å²) >= 11 is 0. The second kappa shape index (κ2) is 3.65. The number of hydrogen-bond acceptors (Lipinski definition) is 0. The first-order chi connectivity index (χ1) is 9.04. The molecule has 102 valence electrons. The third-order valence-electron chi connectivity index (χ3n) is 6.51.